The van der Waals surface area contributed by atoms with Crippen LogP contribution >= 0.6 is 0 Å². The molecule has 1 heterocycles. The van der Waals surface area contributed by atoms with Crippen LogP contribution in [0, 0.1) is 13.8 Å². The van der Waals surface area contributed by atoms with Crippen molar-refractivity contribution in [1.29, 1.82) is 0 Å². The van der Waals surface area contributed by atoms with Crippen LogP contribution in [-0.2, 0) is 0 Å². The average Bonchev–Trinajstić information content (AvgIpc) is 2.71. The van der Waals surface area contributed by atoms with Crippen LogP contribution in [0.25, 0.3) is 0 Å². The lowest BCUT2D eigenvalue weighted by molar-refractivity contribution is 0.102. The van der Waals surface area contributed by atoms with Gasteiger partial charge >= 0.3 is 0 Å². The molecule has 3 rings (SSSR count). The minimum absolute atomic E-state index is 0.149. The Kier molecular flexibility index (Phi) is 5.69. The van der Waals surface area contributed by atoms with Crippen molar-refractivity contribution in [1.82, 2.24) is 4.98 Å². The Morgan fingerprint density at radius 2 is 1.75 bits per heavy atom. The largest absolute Gasteiger partial charge is 0.497 e. The molecule has 3 aromatic rings. The quantitative estimate of drug-likeness (QED) is 0.700. The van der Waals surface area contributed by atoms with E-state index in [2.05, 4.69) is 15.6 Å². The molecule has 0 spiro atoms. The summed E-state index contributed by atoms with van der Waals surface area (Å²) in [6, 6.07) is 15.9. The summed E-state index contributed by atoms with van der Waals surface area (Å²) in [6.07, 6.45) is 1.44. The van der Waals surface area contributed by atoms with E-state index in [0.717, 1.165) is 16.8 Å². The average molecular weight is 375 g/mol. The van der Waals surface area contributed by atoms with Crippen LogP contribution in [-0.4, -0.2) is 23.9 Å². The molecule has 6 nitrogen and oxygen atoms in total. The molecule has 0 aliphatic carbocycles. The number of nitrogens with zero attached hydrogens (tertiary/aromatic N) is 1. The standard InChI is InChI=1S/C22H21N3O3/c1-14-7-8-15(2)19(11-14)25-21(26)16-9-10-23-20(12-16)22(27)24-17-5-4-6-18(13-17)28-3/h4-13H,1-3H3,(H,24,27)(H,25,26). The zero-order valence-corrected chi connectivity index (χ0v) is 15.9. The lowest BCUT2D eigenvalue weighted by Crippen LogP contribution is -2.17. The lowest BCUT2D eigenvalue weighted by Gasteiger charge is -2.10. The molecule has 0 unspecified atom stereocenters. The summed E-state index contributed by atoms with van der Waals surface area (Å²) in [5.74, 6) is -0.0754. The Hall–Kier alpha value is -3.67. The SMILES string of the molecule is COc1cccc(NC(=O)c2cc(C(=O)Nc3cc(C)ccc3C)ccn2)c1. The van der Waals surface area contributed by atoms with Gasteiger partial charge in [0.25, 0.3) is 11.8 Å². The van der Waals surface area contributed by atoms with Gasteiger partial charge in [-0.3, -0.25) is 14.6 Å². The number of aryl methyl sites for hydroxylation is 2. The number of hydrogen-bond donors (Lipinski definition) is 2. The third-order valence-corrected chi connectivity index (χ3v) is 4.22. The number of anilines is 2. The minimum Gasteiger partial charge on any atom is -0.497 e. The van der Waals surface area contributed by atoms with Crippen LogP contribution in [0.1, 0.15) is 32.0 Å². The summed E-state index contributed by atoms with van der Waals surface area (Å²) >= 11 is 0. The Morgan fingerprint density at radius 1 is 0.929 bits per heavy atom. The Balaban J connectivity index is 1.76. The number of pyridine rings is 1. The van der Waals surface area contributed by atoms with E-state index < -0.39 is 5.91 Å². The van der Waals surface area contributed by atoms with Crippen LogP contribution < -0.4 is 15.4 Å². The minimum atomic E-state index is -0.408. The van der Waals surface area contributed by atoms with E-state index in [9.17, 15) is 9.59 Å². The normalized spacial score (nSPS) is 10.2. The molecule has 2 amide bonds. The van der Waals surface area contributed by atoms with Gasteiger partial charge in [-0.05, 0) is 55.3 Å². The van der Waals surface area contributed by atoms with Crippen LogP contribution in [0.3, 0.4) is 0 Å². The molecule has 0 atom stereocenters. The number of ether oxygens (including phenoxy) is 1. The van der Waals surface area contributed by atoms with Gasteiger partial charge in [0, 0.05) is 29.2 Å². The van der Waals surface area contributed by atoms with Crippen molar-refractivity contribution < 1.29 is 14.3 Å². The highest BCUT2D eigenvalue weighted by Crippen LogP contribution is 2.19. The Morgan fingerprint density at radius 3 is 2.54 bits per heavy atom. The number of aromatic nitrogens is 1. The summed E-state index contributed by atoms with van der Waals surface area (Å²) in [4.78, 5) is 29.2. The Bertz CT molecular complexity index is 1030. The molecule has 0 aliphatic rings. The van der Waals surface area contributed by atoms with Crippen molar-refractivity contribution in [3.63, 3.8) is 0 Å². The predicted molar refractivity (Wildman–Crippen MR) is 109 cm³/mol. The van der Waals surface area contributed by atoms with Crippen molar-refractivity contribution in [2.45, 2.75) is 13.8 Å². The van der Waals surface area contributed by atoms with Crippen LogP contribution in [0.2, 0.25) is 0 Å². The molecular formula is C22H21N3O3. The molecular weight excluding hydrogens is 354 g/mol. The third-order valence-electron chi connectivity index (χ3n) is 4.22. The number of carbonyl (C=O) groups excluding carboxylic acids is 2. The number of rotatable bonds is 5. The van der Waals surface area contributed by atoms with Gasteiger partial charge < -0.3 is 15.4 Å². The van der Waals surface area contributed by atoms with Gasteiger partial charge in [-0.25, -0.2) is 0 Å². The van der Waals surface area contributed by atoms with Crippen LogP contribution in [0.4, 0.5) is 11.4 Å². The second kappa shape index (κ2) is 8.35. The van der Waals surface area contributed by atoms with Crippen LogP contribution in [0.5, 0.6) is 5.75 Å². The maximum Gasteiger partial charge on any atom is 0.274 e. The van der Waals surface area contributed by atoms with E-state index in [4.69, 9.17) is 4.74 Å². The fourth-order valence-electron chi connectivity index (χ4n) is 2.66. The van der Waals surface area contributed by atoms with Crippen LogP contribution in [0.15, 0.2) is 60.8 Å². The van der Waals surface area contributed by atoms with Gasteiger partial charge in [0.1, 0.15) is 11.4 Å². The summed E-state index contributed by atoms with van der Waals surface area (Å²) < 4.78 is 5.15. The van der Waals surface area contributed by atoms with Crippen molar-refractivity contribution in [2.24, 2.45) is 0 Å². The van der Waals surface area contributed by atoms with E-state index in [1.807, 2.05) is 32.0 Å². The molecule has 6 heteroatoms. The molecule has 142 valence electrons. The first kappa shape index (κ1) is 19.1. The number of nitrogens with one attached hydrogen (secondary N) is 2. The fourth-order valence-corrected chi connectivity index (χ4v) is 2.66. The molecule has 0 bridgehead atoms. The Labute approximate surface area is 163 Å². The second-order valence-electron chi connectivity index (χ2n) is 6.39. The highest BCUT2D eigenvalue weighted by molar-refractivity contribution is 6.08. The molecule has 0 aliphatic heterocycles. The fraction of sp³-hybridized carbons (Fsp3) is 0.136. The second-order valence-corrected chi connectivity index (χ2v) is 6.39. The first-order valence-electron chi connectivity index (χ1n) is 8.76. The molecule has 1 aromatic heterocycles. The van der Waals surface area contributed by atoms with Crippen molar-refractivity contribution in [2.75, 3.05) is 17.7 Å². The molecule has 2 N–H and O–H groups in total. The van der Waals surface area contributed by atoms with Gasteiger partial charge in [-0.2, -0.15) is 0 Å². The summed E-state index contributed by atoms with van der Waals surface area (Å²) in [5, 5.41) is 5.64. The van der Waals surface area contributed by atoms with Crippen molar-refractivity contribution >= 4 is 23.2 Å². The van der Waals surface area contributed by atoms with E-state index in [0.29, 0.717) is 17.0 Å². The molecule has 2 aromatic carbocycles. The number of benzene rings is 2. The maximum absolute atomic E-state index is 12.6. The van der Waals surface area contributed by atoms with E-state index in [1.165, 1.54) is 12.3 Å². The van der Waals surface area contributed by atoms with Crippen molar-refractivity contribution in [3.05, 3.63) is 83.2 Å². The number of hydrogen-bond acceptors (Lipinski definition) is 4. The van der Waals surface area contributed by atoms with E-state index in [-0.39, 0.29) is 11.6 Å². The molecule has 0 saturated heterocycles. The van der Waals surface area contributed by atoms with Crippen molar-refractivity contribution in [3.8, 4) is 5.75 Å². The highest BCUT2D eigenvalue weighted by Gasteiger charge is 2.13. The van der Waals surface area contributed by atoms with Gasteiger partial charge in [-0.1, -0.05) is 18.2 Å². The molecule has 0 fully saturated rings. The monoisotopic (exact) mass is 375 g/mol. The number of amides is 2. The third kappa shape index (κ3) is 4.54. The molecule has 28 heavy (non-hydrogen) atoms. The van der Waals surface area contributed by atoms with Gasteiger partial charge in [-0.15, -0.1) is 0 Å². The summed E-state index contributed by atoms with van der Waals surface area (Å²) in [7, 11) is 1.56. The first-order valence-corrected chi connectivity index (χ1v) is 8.76. The van der Waals surface area contributed by atoms with E-state index >= 15 is 0 Å². The highest BCUT2D eigenvalue weighted by atomic mass is 16.5. The predicted octanol–water partition coefficient (Wildman–Crippen LogP) is 4.21. The summed E-state index contributed by atoms with van der Waals surface area (Å²) in [6.45, 7) is 3.89. The zero-order chi connectivity index (χ0) is 20.1. The lowest BCUT2D eigenvalue weighted by atomic mass is 10.1. The van der Waals surface area contributed by atoms with Gasteiger partial charge in [0.15, 0.2) is 0 Å². The van der Waals surface area contributed by atoms with Gasteiger partial charge in [0.05, 0.1) is 7.11 Å². The maximum atomic E-state index is 12.6. The van der Waals surface area contributed by atoms with E-state index in [1.54, 1.807) is 37.4 Å². The number of methoxy groups -OCH3 is 1. The summed E-state index contributed by atoms with van der Waals surface area (Å²) in [5.41, 5.74) is 3.83. The number of carbonyl (C=O) groups is 2. The molecule has 0 radical (unpaired) electrons. The smallest absolute Gasteiger partial charge is 0.274 e. The van der Waals surface area contributed by atoms with Gasteiger partial charge in [0.2, 0.25) is 0 Å². The zero-order valence-electron chi connectivity index (χ0n) is 15.9. The first-order chi connectivity index (χ1) is 13.5. The topological polar surface area (TPSA) is 80.3 Å². The molecule has 0 saturated carbocycles.